The first kappa shape index (κ1) is 21.1. The van der Waals surface area contributed by atoms with Crippen LogP contribution in [-0.2, 0) is 9.53 Å². The molecule has 170 valence electrons. The number of carbonyl (C=O) groups is 1. The van der Waals surface area contributed by atoms with Gasteiger partial charge in [0.2, 0.25) is 11.8 Å². The molecule has 3 aromatic heterocycles. The topological polar surface area (TPSA) is 111 Å². The summed E-state index contributed by atoms with van der Waals surface area (Å²) in [5.41, 5.74) is 2.02. The second-order valence-corrected chi connectivity index (χ2v) is 8.18. The molecule has 0 radical (unpaired) electrons. The average molecular weight is 447 g/mol. The number of fused-ring (bicyclic) bond motifs is 2. The van der Waals surface area contributed by atoms with E-state index in [1.165, 1.54) is 0 Å². The van der Waals surface area contributed by atoms with Gasteiger partial charge < -0.3 is 24.5 Å². The Morgan fingerprint density at radius 1 is 1.21 bits per heavy atom. The van der Waals surface area contributed by atoms with Crippen LogP contribution in [0, 0.1) is 5.92 Å². The number of pyridine rings is 2. The number of nitrogens with one attached hydrogen (secondary N) is 2. The van der Waals surface area contributed by atoms with E-state index >= 15 is 0 Å². The average Bonchev–Trinajstić information content (AvgIpc) is 3.58. The van der Waals surface area contributed by atoms with Crippen molar-refractivity contribution in [1.29, 1.82) is 0 Å². The fraction of sp³-hybridized carbons (Fsp3) is 0.333. The smallest absolute Gasteiger partial charge is 0.229 e. The number of amides is 1. The predicted molar refractivity (Wildman–Crippen MR) is 125 cm³/mol. The summed E-state index contributed by atoms with van der Waals surface area (Å²) in [7, 11) is 3.44. The van der Waals surface area contributed by atoms with Gasteiger partial charge in [0.25, 0.3) is 0 Å². The number of ether oxygens (including phenoxy) is 2. The minimum atomic E-state index is -0.0853. The maximum atomic E-state index is 12.2. The Balaban J connectivity index is 1.54. The van der Waals surface area contributed by atoms with Crippen LogP contribution in [0.3, 0.4) is 0 Å². The summed E-state index contributed by atoms with van der Waals surface area (Å²) in [4.78, 5) is 25.8. The van der Waals surface area contributed by atoms with Gasteiger partial charge in [-0.1, -0.05) is 0 Å². The fourth-order valence-electron chi connectivity index (χ4n) is 3.74. The largest absolute Gasteiger partial charge is 0.488 e. The molecule has 1 aliphatic carbocycles. The van der Waals surface area contributed by atoms with Crippen molar-refractivity contribution in [1.82, 2.24) is 15.0 Å². The Hall–Kier alpha value is -3.72. The van der Waals surface area contributed by atoms with E-state index in [9.17, 15) is 4.79 Å². The number of methoxy groups -OCH3 is 1. The van der Waals surface area contributed by atoms with E-state index in [1.54, 1.807) is 26.6 Å². The molecule has 33 heavy (non-hydrogen) atoms. The Labute approximate surface area is 190 Å². The maximum absolute atomic E-state index is 12.2. The first-order chi connectivity index (χ1) is 16.1. The molecule has 1 saturated carbocycles. The lowest BCUT2D eigenvalue weighted by molar-refractivity contribution is -0.117. The second kappa shape index (κ2) is 8.67. The second-order valence-electron chi connectivity index (χ2n) is 8.18. The standard InChI is InChI=1S/C24H25N5O4/c1-13(12-31-3)32-15-6-7-20-19(8-15)28-24(33-20)18-11-27-22(25-2)17-10-26-21(9-16(17)18)29-23(30)14-4-5-14/h6-11,13-14H,4-5,12H2,1-3H3,(H,25,27)(H,26,29,30)/t13-/m0/s1. The van der Waals surface area contributed by atoms with Gasteiger partial charge in [-0.2, -0.15) is 0 Å². The van der Waals surface area contributed by atoms with Gasteiger partial charge >= 0.3 is 0 Å². The van der Waals surface area contributed by atoms with E-state index in [0.717, 1.165) is 23.6 Å². The molecule has 1 atom stereocenters. The zero-order valence-electron chi connectivity index (χ0n) is 18.7. The zero-order chi connectivity index (χ0) is 22.9. The van der Waals surface area contributed by atoms with Crippen molar-refractivity contribution >= 4 is 39.4 Å². The summed E-state index contributed by atoms with van der Waals surface area (Å²) >= 11 is 0. The summed E-state index contributed by atoms with van der Waals surface area (Å²) in [6.07, 6.45) is 5.18. The van der Waals surface area contributed by atoms with Crippen molar-refractivity contribution in [3.8, 4) is 17.2 Å². The van der Waals surface area contributed by atoms with Gasteiger partial charge in [0.15, 0.2) is 5.58 Å². The number of carbonyl (C=O) groups excluding carboxylic acids is 1. The van der Waals surface area contributed by atoms with Crippen LogP contribution in [-0.4, -0.2) is 47.7 Å². The van der Waals surface area contributed by atoms with Crippen LogP contribution in [0.25, 0.3) is 33.3 Å². The van der Waals surface area contributed by atoms with E-state index < -0.39 is 0 Å². The van der Waals surface area contributed by atoms with Gasteiger partial charge in [-0.05, 0) is 38.0 Å². The highest BCUT2D eigenvalue weighted by atomic mass is 16.5. The van der Waals surface area contributed by atoms with Crippen LogP contribution in [0.1, 0.15) is 19.8 Å². The van der Waals surface area contributed by atoms with E-state index in [1.807, 2.05) is 31.2 Å². The minimum absolute atomic E-state index is 0.00314. The van der Waals surface area contributed by atoms with Gasteiger partial charge in [0.1, 0.15) is 29.0 Å². The molecular weight excluding hydrogens is 422 g/mol. The number of anilines is 2. The SMILES string of the molecule is CNc1ncc(-c2nc3cc(O[C@@H](C)COC)ccc3o2)c2cc(NC(=O)C3CC3)ncc12. The molecule has 5 rings (SSSR count). The summed E-state index contributed by atoms with van der Waals surface area (Å²) < 4.78 is 17.1. The molecule has 0 unspecified atom stereocenters. The summed E-state index contributed by atoms with van der Waals surface area (Å²) in [5, 5.41) is 7.62. The van der Waals surface area contributed by atoms with Crippen LogP contribution in [0.5, 0.6) is 5.75 Å². The van der Waals surface area contributed by atoms with Gasteiger partial charge in [0, 0.05) is 49.3 Å². The van der Waals surface area contributed by atoms with Crippen LogP contribution < -0.4 is 15.4 Å². The minimum Gasteiger partial charge on any atom is -0.488 e. The molecule has 4 aromatic rings. The molecule has 1 aliphatic rings. The lowest BCUT2D eigenvalue weighted by Crippen LogP contribution is -2.17. The number of oxazole rings is 1. The number of aromatic nitrogens is 3. The molecular formula is C24H25N5O4. The molecule has 3 heterocycles. The molecule has 0 bridgehead atoms. The van der Waals surface area contributed by atoms with Crippen LogP contribution in [0.4, 0.5) is 11.6 Å². The van der Waals surface area contributed by atoms with Crippen molar-refractivity contribution in [3.05, 3.63) is 36.7 Å². The van der Waals surface area contributed by atoms with Gasteiger partial charge in [-0.15, -0.1) is 0 Å². The quantitative estimate of drug-likeness (QED) is 0.413. The Bertz CT molecular complexity index is 1330. The van der Waals surface area contributed by atoms with Crippen molar-refractivity contribution in [2.75, 3.05) is 31.4 Å². The summed E-state index contributed by atoms with van der Waals surface area (Å²) in [5.74, 6) is 2.39. The Kier molecular flexibility index (Phi) is 5.55. The highest BCUT2D eigenvalue weighted by Crippen LogP contribution is 2.35. The van der Waals surface area contributed by atoms with E-state index in [-0.39, 0.29) is 17.9 Å². The molecule has 1 aromatic carbocycles. The number of hydrogen-bond donors (Lipinski definition) is 2. The lowest BCUT2D eigenvalue weighted by Gasteiger charge is -2.13. The van der Waals surface area contributed by atoms with Gasteiger partial charge in [-0.3, -0.25) is 4.79 Å². The Morgan fingerprint density at radius 2 is 2.06 bits per heavy atom. The molecule has 1 fully saturated rings. The monoisotopic (exact) mass is 447 g/mol. The number of rotatable bonds is 8. The molecule has 9 heteroatoms. The lowest BCUT2D eigenvalue weighted by atomic mass is 10.1. The third kappa shape index (κ3) is 4.31. The van der Waals surface area contributed by atoms with E-state index in [2.05, 4.69) is 25.6 Å². The maximum Gasteiger partial charge on any atom is 0.229 e. The fourth-order valence-corrected chi connectivity index (χ4v) is 3.74. The predicted octanol–water partition coefficient (Wildman–Crippen LogP) is 4.24. The first-order valence-corrected chi connectivity index (χ1v) is 10.9. The van der Waals surface area contributed by atoms with Crippen LogP contribution in [0.15, 0.2) is 41.1 Å². The summed E-state index contributed by atoms with van der Waals surface area (Å²) in [6, 6.07) is 7.36. The molecule has 0 aliphatic heterocycles. The van der Waals surface area contributed by atoms with Crippen molar-refractivity contribution < 1.29 is 18.7 Å². The molecule has 9 nitrogen and oxygen atoms in total. The zero-order valence-corrected chi connectivity index (χ0v) is 18.7. The summed E-state index contributed by atoms with van der Waals surface area (Å²) in [6.45, 7) is 2.43. The number of benzene rings is 1. The van der Waals surface area contributed by atoms with E-state index in [0.29, 0.717) is 46.5 Å². The highest BCUT2D eigenvalue weighted by Gasteiger charge is 2.30. The van der Waals surface area contributed by atoms with Crippen LogP contribution >= 0.6 is 0 Å². The molecule has 0 spiro atoms. The highest BCUT2D eigenvalue weighted by molar-refractivity contribution is 6.03. The normalized spacial score (nSPS) is 14.4. The van der Waals surface area contributed by atoms with E-state index in [4.69, 9.17) is 13.9 Å². The van der Waals surface area contributed by atoms with Crippen molar-refractivity contribution in [2.24, 2.45) is 5.92 Å². The molecule has 0 saturated heterocycles. The molecule has 1 amide bonds. The Morgan fingerprint density at radius 3 is 2.82 bits per heavy atom. The van der Waals surface area contributed by atoms with Crippen molar-refractivity contribution in [2.45, 2.75) is 25.9 Å². The van der Waals surface area contributed by atoms with Crippen LogP contribution in [0.2, 0.25) is 0 Å². The third-order valence-corrected chi connectivity index (χ3v) is 5.54. The number of nitrogens with zero attached hydrogens (tertiary/aromatic N) is 3. The third-order valence-electron chi connectivity index (χ3n) is 5.54. The molecule has 2 N–H and O–H groups in total. The van der Waals surface area contributed by atoms with Crippen molar-refractivity contribution in [3.63, 3.8) is 0 Å². The van der Waals surface area contributed by atoms with Gasteiger partial charge in [-0.25, -0.2) is 15.0 Å². The number of hydrogen-bond acceptors (Lipinski definition) is 8. The van der Waals surface area contributed by atoms with Gasteiger partial charge in [0.05, 0.1) is 12.2 Å². The first-order valence-electron chi connectivity index (χ1n) is 10.9.